The van der Waals surface area contributed by atoms with E-state index in [4.69, 9.17) is 10.5 Å². The highest BCUT2D eigenvalue weighted by molar-refractivity contribution is 5.70. The van der Waals surface area contributed by atoms with Crippen LogP contribution in [0.5, 0.6) is 0 Å². The molecule has 0 bridgehead atoms. The number of nitrogens with two attached hydrogens (primary N) is 1. The molecule has 0 radical (unpaired) electrons. The molecule has 1 atom stereocenters. The van der Waals surface area contributed by atoms with Crippen molar-refractivity contribution in [3.8, 4) is 11.3 Å². The van der Waals surface area contributed by atoms with Gasteiger partial charge in [0.25, 0.3) is 0 Å². The molecule has 1 aromatic heterocycles. The molecule has 0 saturated carbocycles. The van der Waals surface area contributed by atoms with Crippen LogP contribution in [0.4, 0.5) is 23.8 Å². The number of nitrogens with zero attached hydrogens (tertiary/aromatic N) is 3. The van der Waals surface area contributed by atoms with E-state index in [-0.39, 0.29) is 17.4 Å². The van der Waals surface area contributed by atoms with Crippen LogP contribution in [0, 0.1) is 6.92 Å². The molecule has 1 saturated heterocycles. The van der Waals surface area contributed by atoms with Gasteiger partial charge in [0.15, 0.2) is 0 Å². The molecule has 8 nitrogen and oxygen atoms in total. The predicted molar refractivity (Wildman–Crippen MR) is 114 cm³/mol. The molecule has 1 aromatic carbocycles. The SMILES string of the molecule is Cc1ccc(C(O)(CO)C(F)(F)F)cc1-c1cnc(N)c(C2CN(C(=O)OC(C)(C)C)C2)n1. The second-order valence-corrected chi connectivity index (χ2v) is 9.15. The third kappa shape index (κ3) is 4.88. The number of rotatable bonds is 4. The minimum absolute atomic E-state index is 0.156. The van der Waals surface area contributed by atoms with Crippen LogP contribution in [-0.2, 0) is 10.3 Å². The van der Waals surface area contributed by atoms with E-state index in [2.05, 4.69) is 9.97 Å². The highest BCUT2D eigenvalue weighted by Crippen LogP contribution is 2.40. The van der Waals surface area contributed by atoms with Crippen LogP contribution < -0.4 is 5.73 Å². The smallest absolute Gasteiger partial charge is 0.423 e. The molecular formula is C22H27F3N4O4. The lowest BCUT2D eigenvalue weighted by Gasteiger charge is -2.39. The summed E-state index contributed by atoms with van der Waals surface area (Å²) in [5, 5.41) is 19.4. The van der Waals surface area contributed by atoms with Crippen molar-refractivity contribution < 1.29 is 32.9 Å². The third-order valence-electron chi connectivity index (χ3n) is 5.44. The van der Waals surface area contributed by atoms with Crippen molar-refractivity contribution in [2.24, 2.45) is 0 Å². The number of aromatic nitrogens is 2. The fraction of sp³-hybridized carbons (Fsp3) is 0.500. The van der Waals surface area contributed by atoms with E-state index in [9.17, 15) is 28.2 Å². The van der Waals surface area contributed by atoms with E-state index in [1.165, 1.54) is 17.2 Å². The molecule has 0 spiro atoms. The molecule has 180 valence electrons. The molecule has 3 rings (SSSR count). The number of aryl methyl sites for hydroxylation is 1. The number of benzene rings is 1. The molecule has 4 N–H and O–H groups in total. The van der Waals surface area contributed by atoms with E-state index in [1.807, 2.05) is 0 Å². The lowest BCUT2D eigenvalue weighted by atomic mass is 9.90. The van der Waals surface area contributed by atoms with E-state index in [0.29, 0.717) is 29.9 Å². The van der Waals surface area contributed by atoms with Gasteiger partial charge >= 0.3 is 12.3 Å². The number of carbonyl (C=O) groups excluding carboxylic acids is 1. The Bertz CT molecular complexity index is 1050. The van der Waals surface area contributed by atoms with Gasteiger partial charge < -0.3 is 25.6 Å². The average Bonchev–Trinajstić information content (AvgIpc) is 2.65. The second-order valence-electron chi connectivity index (χ2n) is 9.15. The first-order valence-corrected chi connectivity index (χ1v) is 10.3. The zero-order valence-electron chi connectivity index (χ0n) is 18.8. The molecule has 0 aliphatic carbocycles. The summed E-state index contributed by atoms with van der Waals surface area (Å²) in [5.74, 6) is -0.0541. The maximum Gasteiger partial charge on any atom is 0.423 e. The Balaban J connectivity index is 1.90. The summed E-state index contributed by atoms with van der Waals surface area (Å²) in [7, 11) is 0. The number of hydrogen-bond donors (Lipinski definition) is 3. The van der Waals surface area contributed by atoms with Crippen LogP contribution >= 0.6 is 0 Å². The zero-order chi connectivity index (χ0) is 24.8. The number of amides is 1. The quantitative estimate of drug-likeness (QED) is 0.630. The lowest BCUT2D eigenvalue weighted by Crippen LogP contribution is -2.50. The Kier molecular flexibility index (Phi) is 6.33. The van der Waals surface area contributed by atoms with Gasteiger partial charge in [0.05, 0.1) is 24.2 Å². The summed E-state index contributed by atoms with van der Waals surface area (Å²) in [6.45, 7) is 6.08. The van der Waals surface area contributed by atoms with Crippen molar-refractivity contribution in [3.05, 3.63) is 41.2 Å². The fourth-order valence-corrected chi connectivity index (χ4v) is 3.47. The number of nitrogen functional groups attached to an aromatic ring is 1. The average molecular weight is 468 g/mol. The first kappa shape index (κ1) is 24.7. The van der Waals surface area contributed by atoms with E-state index in [0.717, 1.165) is 12.1 Å². The largest absolute Gasteiger partial charge is 0.444 e. The van der Waals surface area contributed by atoms with Gasteiger partial charge in [-0.2, -0.15) is 13.2 Å². The number of aliphatic hydroxyl groups is 2. The Hall–Kier alpha value is -2.92. The first-order chi connectivity index (χ1) is 15.2. The molecule has 1 aliphatic rings. The van der Waals surface area contributed by atoms with Crippen LogP contribution in [0.15, 0.2) is 24.4 Å². The van der Waals surface area contributed by atoms with E-state index in [1.54, 1.807) is 27.7 Å². The number of halogens is 3. The molecule has 1 aliphatic heterocycles. The third-order valence-corrected chi connectivity index (χ3v) is 5.44. The van der Waals surface area contributed by atoms with Crippen LogP contribution in [0.2, 0.25) is 0 Å². The molecule has 1 unspecified atom stereocenters. The molecule has 2 heterocycles. The normalized spacial score (nSPS) is 16.8. The highest BCUT2D eigenvalue weighted by atomic mass is 19.4. The zero-order valence-corrected chi connectivity index (χ0v) is 18.8. The fourth-order valence-electron chi connectivity index (χ4n) is 3.47. The van der Waals surface area contributed by atoms with E-state index < -0.39 is 35.6 Å². The number of hydrogen-bond acceptors (Lipinski definition) is 7. The minimum Gasteiger partial charge on any atom is -0.444 e. The van der Waals surface area contributed by atoms with Crippen molar-refractivity contribution in [2.45, 2.75) is 51.0 Å². The second kappa shape index (κ2) is 8.45. The first-order valence-electron chi connectivity index (χ1n) is 10.3. The van der Waals surface area contributed by atoms with Gasteiger partial charge in [-0.15, -0.1) is 0 Å². The standard InChI is InChI=1S/C22H27F3N4O4/c1-12-5-6-14(21(32,11-30)22(23,24)25)7-15(12)16-8-27-18(26)17(28-16)13-9-29(10-13)19(31)33-20(2,3)4/h5-8,13,30,32H,9-11H2,1-4H3,(H2,26,27). The van der Waals surface area contributed by atoms with Crippen LogP contribution in [0.3, 0.4) is 0 Å². The molecule has 1 amide bonds. The maximum atomic E-state index is 13.4. The number of likely N-dealkylation sites (tertiary alicyclic amines) is 1. The van der Waals surface area contributed by atoms with Gasteiger partial charge in [0.2, 0.25) is 5.60 Å². The topological polar surface area (TPSA) is 122 Å². The van der Waals surface area contributed by atoms with Gasteiger partial charge in [-0.05, 0) is 44.9 Å². The molecule has 33 heavy (non-hydrogen) atoms. The van der Waals surface area contributed by atoms with Gasteiger partial charge in [0.1, 0.15) is 11.4 Å². The number of anilines is 1. The summed E-state index contributed by atoms with van der Waals surface area (Å²) in [4.78, 5) is 22.3. The Morgan fingerprint density at radius 3 is 2.45 bits per heavy atom. The summed E-state index contributed by atoms with van der Waals surface area (Å²) >= 11 is 0. The van der Waals surface area contributed by atoms with Crippen molar-refractivity contribution in [1.29, 1.82) is 0 Å². The highest BCUT2D eigenvalue weighted by Gasteiger charge is 2.54. The number of alkyl halides is 3. The van der Waals surface area contributed by atoms with Crippen LogP contribution in [0.1, 0.15) is 43.5 Å². The van der Waals surface area contributed by atoms with Crippen molar-refractivity contribution in [3.63, 3.8) is 0 Å². The summed E-state index contributed by atoms with van der Waals surface area (Å²) < 4.78 is 45.6. The summed E-state index contributed by atoms with van der Waals surface area (Å²) in [5.41, 5.74) is 3.01. The van der Waals surface area contributed by atoms with Crippen molar-refractivity contribution in [2.75, 3.05) is 25.4 Å². The van der Waals surface area contributed by atoms with Crippen LogP contribution in [0.25, 0.3) is 11.3 Å². The Labute approximate surface area is 189 Å². The van der Waals surface area contributed by atoms with Gasteiger partial charge in [0, 0.05) is 24.6 Å². The minimum atomic E-state index is -5.08. The number of carbonyl (C=O) groups is 1. The number of aliphatic hydroxyl groups excluding tert-OH is 1. The molecule has 2 aromatic rings. The monoisotopic (exact) mass is 468 g/mol. The van der Waals surface area contributed by atoms with Gasteiger partial charge in [-0.1, -0.05) is 12.1 Å². The van der Waals surface area contributed by atoms with Gasteiger partial charge in [-0.3, -0.25) is 0 Å². The lowest BCUT2D eigenvalue weighted by molar-refractivity contribution is -0.277. The molecule has 11 heteroatoms. The van der Waals surface area contributed by atoms with Crippen molar-refractivity contribution in [1.82, 2.24) is 14.9 Å². The Morgan fingerprint density at radius 2 is 1.91 bits per heavy atom. The van der Waals surface area contributed by atoms with E-state index >= 15 is 0 Å². The molecule has 1 fully saturated rings. The Morgan fingerprint density at radius 1 is 1.27 bits per heavy atom. The van der Waals surface area contributed by atoms with Crippen LogP contribution in [-0.4, -0.2) is 62.6 Å². The predicted octanol–water partition coefficient (Wildman–Crippen LogP) is 3.11. The van der Waals surface area contributed by atoms with Crippen molar-refractivity contribution >= 4 is 11.9 Å². The summed E-state index contributed by atoms with van der Waals surface area (Å²) in [6, 6.07) is 3.65. The molecular weight excluding hydrogens is 441 g/mol. The maximum absolute atomic E-state index is 13.4. The van der Waals surface area contributed by atoms with Gasteiger partial charge in [-0.25, -0.2) is 14.8 Å². The summed E-state index contributed by atoms with van der Waals surface area (Å²) in [6.07, 6.45) is -4.20. The number of ether oxygens (including phenoxy) is 1.